The molecule has 0 atom stereocenters. The largest absolute Gasteiger partial charge is 0.257 e. The predicted molar refractivity (Wildman–Crippen MR) is 64.5 cm³/mol. The van der Waals surface area contributed by atoms with E-state index in [2.05, 4.69) is 9.82 Å². The van der Waals surface area contributed by atoms with Crippen molar-refractivity contribution in [3.8, 4) is 5.69 Å². The summed E-state index contributed by atoms with van der Waals surface area (Å²) < 4.78 is 40.3. The zero-order valence-electron chi connectivity index (χ0n) is 9.88. The van der Waals surface area contributed by atoms with Crippen molar-refractivity contribution in [1.29, 1.82) is 0 Å². The first-order valence-electron chi connectivity index (χ1n) is 5.20. The van der Waals surface area contributed by atoms with Gasteiger partial charge in [0.2, 0.25) is 0 Å². The van der Waals surface area contributed by atoms with Gasteiger partial charge in [0.15, 0.2) is 5.03 Å². The van der Waals surface area contributed by atoms with Crippen LogP contribution >= 0.6 is 0 Å². The van der Waals surface area contributed by atoms with Gasteiger partial charge in [0.05, 0.1) is 11.9 Å². The summed E-state index contributed by atoms with van der Waals surface area (Å²) in [5.41, 5.74) is 0.848. The van der Waals surface area contributed by atoms with Gasteiger partial charge < -0.3 is 0 Å². The molecular formula is C11H12FN3O2S. The molecule has 18 heavy (non-hydrogen) atoms. The molecule has 2 rings (SSSR count). The van der Waals surface area contributed by atoms with Gasteiger partial charge in [-0.05, 0) is 37.7 Å². The van der Waals surface area contributed by atoms with E-state index < -0.39 is 15.8 Å². The Morgan fingerprint density at radius 2 is 2.06 bits per heavy atom. The molecule has 96 valence electrons. The van der Waals surface area contributed by atoms with Gasteiger partial charge in [-0.1, -0.05) is 6.07 Å². The van der Waals surface area contributed by atoms with Crippen molar-refractivity contribution >= 4 is 10.0 Å². The lowest BCUT2D eigenvalue weighted by molar-refractivity contribution is 0.576. The van der Waals surface area contributed by atoms with E-state index >= 15 is 0 Å². The third-order valence-corrected chi connectivity index (χ3v) is 3.95. The summed E-state index contributed by atoms with van der Waals surface area (Å²) >= 11 is 0. The summed E-state index contributed by atoms with van der Waals surface area (Å²) in [6.07, 6.45) is 1.35. The van der Waals surface area contributed by atoms with Crippen LogP contribution in [0.5, 0.6) is 0 Å². The number of sulfonamides is 1. The fourth-order valence-corrected chi connectivity index (χ4v) is 2.34. The third-order valence-electron chi connectivity index (χ3n) is 2.55. The zero-order valence-corrected chi connectivity index (χ0v) is 10.7. The van der Waals surface area contributed by atoms with Crippen LogP contribution in [0.15, 0.2) is 35.5 Å². The second-order valence-corrected chi connectivity index (χ2v) is 5.56. The monoisotopic (exact) mass is 269 g/mol. The SMILES string of the molecule is CNS(=O)(=O)c1ccnn1-c1ccc(C)c(F)c1. The molecule has 0 aliphatic carbocycles. The van der Waals surface area contributed by atoms with E-state index in [0.717, 1.165) is 0 Å². The van der Waals surface area contributed by atoms with Crippen LogP contribution in [-0.2, 0) is 10.0 Å². The van der Waals surface area contributed by atoms with Gasteiger partial charge in [-0.3, -0.25) is 0 Å². The van der Waals surface area contributed by atoms with Gasteiger partial charge >= 0.3 is 0 Å². The molecule has 0 aliphatic rings. The van der Waals surface area contributed by atoms with Crippen molar-refractivity contribution < 1.29 is 12.8 Å². The fraction of sp³-hybridized carbons (Fsp3) is 0.182. The van der Waals surface area contributed by atoms with Gasteiger partial charge in [0.1, 0.15) is 5.82 Å². The van der Waals surface area contributed by atoms with Crippen molar-refractivity contribution in [2.45, 2.75) is 11.9 Å². The first-order valence-corrected chi connectivity index (χ1v) is 6.68. The number of nitrogens with one attached hydrogen (secondary N) is 1. The van der Waals surface area contributed by atoms with Gasteiger partial charge in [0.25, 0.3) is 10.0 Å². The van der Waals surface area contributed by atoms with Crippen molar-refractivity contribution in [1.82, 2.24) is 14.5 Å². The molecule has 1 aromatic heterocycles. The summed E-state index contributed by atoms with van der Waals surface area (Å²) in [6.45, 7) is 1.63. The van der Waals surface area contributed by atoms with Gasteiger partial charge in [0, 0.05) is 0 Å². The molecule has 0 amide bonds. The highest BCUT2D eigenvalue weighted by molar-refractivity contribution is 7.89. The number of rotatable bonds is 3. The van der Waals surface area contributed by atoms with Crippen LogP contribution in [-0.4, -0.2) is 25.2 Å². The molecule has 0 fully saturated rings. The molecule has 0 aliphatic heterocycles. The van der Waals surface area contributed by atoms with Crippen LogP contribution in [0.2, 0.25) is 0 Å². The van der Waals surface area contributed by atoms with Crippen LogP contribution in [0.25, 0.3) is 5.69 Å². The summed E-state index contributed by atoms with van der Waals surface area (Å²) in [5.74, 6) is -0.407. The Balaban J connectivity index is 2.59. The number of aromatic nitrogens is 2. The Kier molecular flexibility index (Phi) is 3.18. The van der Waals surface area contributed by atoms with Gasteiger partial charge in [-0.15, -0.1) is 0 Å². The van der Waals surface area contributed by atoms with E-state index in [1.165, 1.54) is 30.1 Å². The van der Waals surface area contributed by atoms with Crippen molar-refractivity contribution in [3.05, 3.63) is 41.8 Å². The van der Waals surface area contributed by atoms with Gasteiger partial charge in [-0.25, -0.2) is 22.2 Å². The van der Waals surface area contributed by atoms with E-state index in [0.29, 0.717) is 11.3 Å². The lowest BCUT2D eigenvalue weighted by Crippen LogP contribution is -2.22. The molecule has 0 saturated carbocycles. The van der Waals surface area contributed by atoms with Gasteiger partial charge in [-0.2, -0.15) is 5.10 Å². The highest BCUT2D eigenvalue weighted by Gasteiger charge is 2.18. The molecule has 1 N–H and O–H groups in total. The molecule has 5 nitrogen and oxygen atoms in total. The van der Waals surface area contributed by atoms with Crippen LogP contribution in [0.1, 0.15) is 5.56 Å². The topological polar surface area (TPSA) is 64.0 Å². The Morgan fingerprint density at radius 1 is 1.33 bits per heavy atom. The van der Waals surface area contributed by atoms with Crippen LogP contribution in [0, 0.1) is 12.7 Å². The number of aryl methyl sites for hydroxylation is 1. The maximum absolute atomic E-state index is 13.5. The quantitative estimate of drug-likeness (QED) is 0.911. The molecule has 1 heterocycles. The minimum absolute atomic E-state index is 0.0340. The van der Waals surface area contributed by atoms with Crippen molar-refractivity contribution in [3.63, 3.8) is 0 Å². The zero-order chi connectivity index (χ0) is 13.3. The molecule has 7 heteroatoms. The molecule has 1 aromatic carbocycles. The standard InChI is InChI=1S/C11H12FN3O2S/c1-8-3-4-9(7-10(8)12)15-11(5-6-14-15)18(16,17)13-2/h3-7,13H,1-2H3. The summed E-state index contributed by atoms with van der Waals surface area (Å²) in [4.78, 5) is 0. The average Bonchev–Trinajstić information content (AvgIpc) is 2.82. The van der Waals surface area contributed by atoms with Crippen molar-refractivity contribution in [2.24, 2.45) is 0 Å². The fourth-order valence-electron chi connectivity index (χ4n) is 1.51. The Morgan fingerprint density at radius 3 is 2.67 bits per heavy atom. The predicted octanol–water partition coefficient (Wildman–Crippen LogP) is 1.23. The summed E-state index contributed by atoms with van der Waals surface area (Å²) in [5, 5.41) is 3.87. The number of nitrogens with zero attached hydrogens (tertiary/aromatic N) is 2. The number of hydrogen-bond donors (Lipinski definition) is 1. The van der Waals surface area contributed by atoms with Crippen LogP contribution in [0.4, 0.5) is 4.39 Å². The molecule has 0 spiro atoms. The minimum atomic E-state index is -3.63. The second kappa shape index (κ2) is 4.51. The first kappa shape index (κ1) is 12.7. The Hall–Kier alpha value is -1.73. The van der Waals surface area contributed by atoms with Crippen LogP contribution in [0.3, 0.4) is 0 Å². The first-order chi connectivity index (χ1) is 8.45. The lowest BCUT2D eigenvalue weighted by atomic mass is 10.2. The molecule has 0 unspecified atom stereocenters. The smallest absolute Gasteiger partial charge is 0.221 e. The third kappa shape index (κ3) is 2.14. The van der Waals surface area contributed by atoms with E-state index in [9.17, 15) is 12.8 Å². The highest BCUT2D eigenvalue weighted by atomic mass is 32.2. The molecule has 2 aromatic rings. The molecule has 0 saturated heterocycles. The average molecular weight is 269 g/mol. The van der Waals surface area contributed by atoms with E-state index in [1.807, 2.05) is 0 Å². The summed E-state index contributed by atoms with van der Waals surface area (Å²) in [6, 6.07) is 5.78. The molecular weight excluding hydrogens is 257 g/mol. The van der Waals surface area contributed by atoms with E-state index in [-0.39, 0.29) is 5.03 Å². The number of hydrogen-bond acceptors (Lipinski definition) is 3. The normalized spacial score (nSPS) is 11.7. The Bertz CT molecular complexity index is 679. The van der Waals surface area contributed by atoms with Crippen molar-refractivity contribution in [2.75, 3.05) is 7.05 Å². The maximum atomic E-state index is 13.5. The van der Waals surface area contributed by atoms with E-state index in [4.69, 9.17) is 0 Å². The highest BCUT2D eigenvalue weighted by Crippen LogP contribution is 2.17. The molecule has 0 radical (unpaired) electrons. The van der Waals surface area contributed by atoms with E-state index in [1.54, 1.807) is 19.1 Å². The number of benzene rings is 1. The Labute approximate surface area is 104 Å². The summed E-state index contributed by atoms with van der Waals surface area (Å²) in [7, 11) is -2.32. The minimum Gasteiger partial charge on any atom is -0.221 e. The second-order valence-electron chi connectivity index (χ2n) is 3.72. The van der Waals surface area contributed by atoms with Crippen LogP contribution < -0.4 is 4.72 Å². The number of halogens is 1. The molecule has 0 bridgehead atoms. The maximum Gasteiger partial charge on any atom is 0.257 e. The lowest BCUT2D eigenvalue weighted by Gasteiger charge is -2.08.